The van der Waals surface area contributed by atoms with Gasteiger partial charge in [-0.3, -0.25) is 0 Å². The van der Waals surface area contributed by atoms with Gasteiger partial charge in [0.2, 0.25) is 0 Å². The van der Waals surface area contributed by atoms with E-state index in [1.165, 1.54) is 13.2 Å². The third-order valence-corrected chi connectivity index (χ3v) is 5.23. The van der Waals surface area contributed by atoms with Crippen molar-refractivity contribution in [3.63, 3.8) is 0 Å². The minimum absolute atomic E-state index is 0.0294. The van der Waals surface area contributed by atoms with Crippen molar-refractivity contribution >= 4 is 9.84 Å². The van der Waals surface area contributed by atoms with Crippen LogP contribution < -0.4 is 4.74 Å². The van der Waals surface area contributed by atoms with Crippen LogP contribution in [0.25, 0.3) is 11.5 Å². The zero-order valence-electron chi connectivity index (χ0n) is 11.3. The highest BCUT2D eigenvalue weighted by molar-refractivity contribution is 7.91. The quantitative estimate of drug-likeness (QED) is 0.912. The van der Waals surface area contributed by atoms with Crippen LogP contribution in [0, 0.1) is 0 Å². The van der Waals surface area contributed by atoms with Crippen LogP contribution >= 0.6 is 0 Å². The van der Waals surface area contributed by atoms with Gasteiger partial charge in [0.05, 0.1) is 18.6 Å². The Morgan fingerprint density at radius 2 is 2.24 bits per heavy atom. The number of phenols is 1. The molecule has 0 bridgehead atoms. The molecule has 1 aliphatic rings. The zero-order chi connectivity index (χ0) is 15.0. The Kier molecular flexibility index (Phi) is 3.32. The molecule has 2 aromatic rings. The van der Waals surface area contributed by atoms with Gasteiger partial charge in [-0.2, -0.15) is 4.98 Å². The summed E-state index contributed by atoms with van der Waals surface area (Å²) in [6, 6.07) is 4.73. The van der Waals surface area contributed by atoms with Crippen molar-refractivity contribution in [1.29, 1.82) is 0 Å². The van der Waals surface area contributed by atoms with Gasteiger partial charge in [-0.15, -0.1) is 0 Å². The van der Waals surface area contributed by atoms with E-state index in [1.807, 2.05) is 0 Å². The highest BCUT2D eigenvalue weighted by atomic mass is 32.2. The molecule has 0 radical (unpaired) electrons. The lowest BCUT2D eigenvalue weighted by molar-refractivity contribution is 0.373. The summed E-state index contributed by atoms with van der Waals surface area (Å²) in [5.74, 6) is 0.941. The monoisotopic (exact) mass is 310 g/mol. The molecule has 1 aromatic carbocycles. The summed E-state index contributed by atoms with van der Waals surface area (Å²) >= 11 is 0. The Labute approximate surface area is 121 Å². The van der Waals surface area contributed by atoms with Crippen molar-refractivity contribution in [2.75, 3.05) is 18.6 Å². The summed E-state index contributed by atoms with van der Waals surface area (Å²) in [6.45, 7) is 0. The number of hydrogen-bond donors (Lipinski definition) is 1. The topological polar surface area (TPSA) is 103 Å². The molecule has 1 fully saturated rings. The van der Waals surface area contributed by atoms with E-state index in [0.29, 0.717) is 23.6 Å². The fraction of sp³-hybridized carbons (Fsp3) is 0.385. The summed E-state index contributed by atoms with van der Waals surface area (Å²) in [7, 11) is -1.53. The summed E-state index contributed by atoms with van der Waals surface area (Å²) in [5, 5.41) is 13.6. The zero-order valence-corrected chi connectivity index (χ0v) is 12.1. The first-order valence-corrected chi connectivity index (χ1v) is 8.22. The van der Waals surface area contributed by atoms with E-state index in [9.17, 15) is 13.5 Å². The van der Waals surface area contributed by atoms with Crippen molar-refractivity contribution in [3.8, 4) is 23.0 Å². The molecule has 1 saturated heterocycles. The lowest BCUT2D eigenvalue weighted by Gasteiger charge is -2.03. The lowest BCUT2D eigenvalue weighted by atomic mass is 10.1. The standard InChI is InChI=1S/C13H14N2O5S/c1-19-11-3-2-8(6-10(11)16)13-14-12(15-20-13)9-4-5-21(17,18)7-9/h2-3,6,9,16H,4-5,7H2,1H3. The maximum absolute atomic E-state index is 11.5. The Hall–Kier alpha value is -2.09. The third-order valence-electron chi connectivity index (χ3n) is 3.47. The molecule has 2 heterocycles. The molecule has 7 nitrogen and oxygen atoms in total. The van der Waals surface area contributed by atoms with Crippen molar-refractivity contribution in [2.24, 2.45) is 0 Å². The fourth-order valence-electron chi connectivity index (χ4n) is 2.34. The van der Waals surface area contributed by atoms with E-state index in [0.717, 1.165) is 0 Å². The molecule has 0 aliphatic carbocycles. The number of nitrogens with zero attached hydrogens (tertiary/aromatic N) is 2. The molecule has 1 aromatic heterocycles. The first-order chi connectivity index (χ1) is 9.98. The maximum Gasteiger partial charge on any atom is 0.258 e. The van der Waals surface area contributed by atoms with E-state index in [4.69, 9.17) is 9.26 Å². The number of aromatic nitrogens is 2. The number of methoxy groups -OCH3 is 1. The van der Waals surface area contributed by atoms with Gasteiger partial charge in [-0.05, 0) is 24.6 Å². The van der Waals surface area contributed by atoms with Crippen LogP contribution in [0.1, 0.15) is 18.2 Å². The number of aromatic hydroxyl groups is 1. The number of hydrogen-bond acceptors (Lipinski definition) is 7. The van der Waals surface area contributed by atoms with Crippen LogP contribution in [0.15, 0.2) is 22.7 Å². The van der Waals surface area contributed by atoms with Gasteiger partial charge in [0.25, 0.3) is 5.89 Å². The molecule has 112 valence electrons. The van der Waals surface area contributed by atoms with Gasteiger partial charge in [0.1, 0.15) is 0 Å². The van der Waals surface area contributed by atoms with Crippen molar-refractivity contribution in [2.45, 2.75) is 12.3 Å². The second-order valence-corrected chi connectivity index (χ2v) is 7.17. The van der Waals surface area contributed by atoms with Crippen LogP contribution in [0.5, 0.6) is 11.5 Å². The van der Waals surface area contributed by atoms with Gasteiger partial charge in [-0.1, -0.05) is 5.16 Å². The Morgan fingerprint density at radius 3 is 2.86 bits per heavy atom. The Balaban J connectivity index is 1.87. The van der Waals surface area contributed by atoms with E-state index in [1.54, 1.807) is 12.1 Å². The van der Waals surface area contributed by atoms with Gasteiger partial charge in [-0.25, -0.2) is 8.42 Å². The van der Waals surface area contributed by atoms with Crippen LogP contribution in [-0.4, -0.2) is 42.3 Å². The second-order valence-electron chi connectivity index (χ2n) is 4.94. The van der Waals surface area contributed by atoms with Crippen LogP contribution in [0.2, 0.25) is 0 Å². The smallest absolute Gasteiger partial charge is 0.258 e. The fourth-order valence-corrected chi connectivity index (χ4v) is 4.08. The Morgan fingerprint density at radius 1 is 1.43 bits per heavy atom. The number of sulfone groups is 1. The average molecular weight is 310 g/mol. The maximum atomic E-state index is 11.5. The summed E-state index contributed by atoms with van der Waals surface area (Å²) in [4.78, 5) is 4.23. The number of ether oxygens (including phenoxy) is 1. The minimum Gasteiger partial charge on any atom is -0.504 e. The van der Waals surface area contributed by atoms with Crippen LogP contribution in [-0.2, 0) is 9.84 Å². The van der Waals surface area contributed by atoms with Crippen molar-refractivity contribution in [3.05, 3.63) is 24.0 Å². The Bertz CT molecular complexity index is 769. The highest BCUT2D eigenvalue weighted by Crippen LogP contribution is 2.32. The summed E-state index contributed by atoms with van der Waals surface area (Å²) in [6.07, 6.45) is 0.509. The molecule has 0 amide bonds. The molecule has 0 spiro atoms. The molecule has 21 heavy (non-hydrogen) atoms. The molecular weight excluding hydrogens is 296 g/mol. The molecular formula is C13H14N2O5S. The van der Waals surface area contributed by atoms with E-state index >= 15 is 0 Å². The highest BCUT2D eigenvalue weighted by Gasteiger charge is 2.32. The average Bonchev–Trinajstić information content (AvgIpc) is 3.05. The molecule has 1 atom stereocenters. The SMILES string of the molecule is COc1ccc(-c2nc(C3CCS(=O)(=O)C3)no2)cc1O. The molecule has 3 rings (SSSR count). The normalized spacial score (nSPS) is 20.5. The van der Waals surface area contributed by atoms with Crippen LogP contribution in [0.3, 0.4) is 0 Å². The van der Waals surface area contributed by atoms with E-state index in [2.05, 4.69) is 10.1 Å². The second kappa shape index (κ2) is 5.03. The van der Waals surface area contributed by atoms with E-state index < -0.39 is 9.84 Å². The molecule has 1 aliphatic heterocycles. The predicted octanol–water partition coefficient (Wildman–Crippen LogP) is 1.35. The predicted molar refractivity (Wildman–Crippen MR) is 74.0 cm³/mol. The van der Waals surface area contributed by atoms with Crippen LogP contribution in [0.4, 0.5) is 0 Å². The van der Waals surface area contributed by atoms with Gasteiger partial charge in [0, 0.05) is 11.5 Å². The summed E-state index contributed by atoms with van der Waals surface area (Å²) < 4.78 is 33.1. The van der Waals surface area contributed by atoms with Gasteiger partial charge < -0.3 is 14.4 Å². The number of phenolic OH excluding ortho intramolecular Hbond substituents is 1. The minimum atomic E-state index is -2.99. The first-order valence-electron chi connectivity index (χ1n) is 6.40. The van der Waals surface area contributed by atoms with Crippen molar-refractivity contribution < 1.29 is 22.8 Å². The van der Waals surface area contributed by atoms with Gasteiger partial charge in [0.15, 0.2) is 27.2 Å². The molecule has 8 heteroatoms. The molecule has 0 saturated carbocycles. The number of rotatable bonds is 3. The lowest BCUT2D eigenvalue weighted by Crippen LogP contribution is -2.05. The number of benzene rings is 1. The van der Waals surface area contributed by atoms with Gasteiger partial charge >= 0.3 is 0 Å². The van der Waals surface area contributed by atoms with E-state index in [-0.39, 0.29) is 29.1 Å². The first kappa shape index (κ1) is 13.9. The molecule has 1 unspecified atom stereocenters. The summed E-state index contributed by atoms with van der Waals surface area (Å²) in [5.41, 5.74) is 0.549. The molecule has 1 N–H and O–H groups in total. The van der Waals surface area contributed by atoms with Crippen molar-refractivity contribution in [1.82, 2.24) is 10.1 Å². The third kappa shape index (κ3) is 2.71. The largest absolute Gasteiger partial charge is 0.504 e.